The van der Waals surface area contributed by atoms with E-state index in [9.17, 15) is 10.2 Å². The Balaban J connectivity index is 1.43. The van der Waals surface area contributed by atoms with Gasteiger partial charge in [0.2, 0.25) is 0 Å². The summed E-state index contributed by atoms with van der Waals surface area (Å²) < 4.78 is 11.2. The van der Waals surface area contributed by atoms with Crippen LogP contribution in [0.15, 0.2) is 10.6 Å². The highest BCUT2D eigenvalue weighted by atomic mass is 16.5. The highest BCUT2D eigenvalue weighted by molar-refractivity contribution is 5.20. The summed E-state index contributed by atoms with van der Waals surface area (Å²) in [7, 11) is 1.87. The van der Waals surface area contributed by atoms with Crippen LogP contribution < -0.4 is 0 Å². The molecule has 8 atom stereocenters. The van der Waals surface area contributed by atoms with Gasteiger partial charge in [-0.2, -0.15) is 0 Å². The molecule has 2 unspecified atom stereocenters. The molecular weight excluding hydrogens is 378 g/mol. The van der Waals surface area contributed by atoms with Gasteiger partial charge < -0.3 is 19.5 Å². The molecule has 4 aliphatic carbocycles. The first-order valence-electron chi connectivity index (χ1n) is 12.1. The first kappa shape index (κ1) is 21.0. The molecule has 4 aliphatic rings. The summed E-state index contributed by atoms with van der Waals surface area (Å²) in [6.07, 6.45) is 10.4. The fourth-order valence-corrected chi connectivity index (χ4v) is 8.84. The number of hydrogen-bond donors (Lipinski definition) is 2. The molecule has 168 valence electrons. The molecule has 0 amide bonds. The monoisotopic (exact) mass is 417 g/mol. The van der Waals surface area contributed by atoms with Crippen molar-refractivity contribution >= 4 is 0 Å². The molecule has 4 saturated carbocycles. The molecule has 0 aliphatic heterocycles. The smallest absolute Gasteiger partial charge is 0.162 e. The summed E-state index contributed by atoms with van der Waals surface area (Å²) >= 11 is 0. The number of rotatable bonds is 4. The van der Waals surface area contributed by atoms with E-state index in [0.29, 0.717) is 17.6 Å². The highest BCUT2D eigenvalue weighted by Crippen LogP contribution is 2.69. The van der Waals surface area contributed by atoms with Crippen LogP contribution in [0.2, 0.25) is 0 Å². The van der Waals surface area contributed by atoms with Gasteiger partial charge in [-0.15, -0.1) is 0 Å². The minimum absolute atomic E-state index is 0.0741. The Hall–Kier alpha value is -0.910. The summed E-state index contributed by atoms with van der Waals surface area (Å²) in [5, 5.41) is 24.6. The van der Waals surface area contributed by atoms with Gasteiger partial charge in [-0.25, -0.2) is 0 Å². The number of fused-ring (bicyclic) bond motifs is 5. The molecule has 1 heterocycles. The van der Waals surface area contributed by atoms with E-state index in [2.05, 4.69) is 12.1 Å². The van der Waals surface area contributed by atoms with Crippen LogP contribution in [0, 0.1) is 34.5 Å². The van der Waals surface area contributed by atoms with Crippen LogP contribution >= 0.6 is 0 Å². The van der Waals surface area contributed by atoms with E-state index >= 15 is 0 Å². The average molecular weight is 418 g/mol. The minimum atomic E-state index is -0.506. The maximum absolute atomic E-state index is 10.8. The van der Waals surface area contributed by atoms with Crippen molar-refractivity contribution in [3.63, 3.8) is 0 Å². The number of nitrogens with zero attached hydrogens (tertiary/aromatic N) is 1. The molecule has 30 heavy (non-hydrogen) atoms. The molecule has 1 aromatic rings. The Bertz CT molecular complexity index is 775. The van der Waals surface area contributed by atoms with Gasteiger partial charge in [0.15, 0.2) is 5.76 Å². The SMILES string of the molecule is COC[C@]12CC[C@@](C)(O)C[C@@H]1CCC1[C@@H]2CC[C@]2(C)C(c3cc(CO)on3)CC[C@@H]12. The Morgan fingerprint density at radius 1 is 1.10 bits per heavy atom. The lowest BCUT2D eigenvalue weighted by atomic mass is 9.43. The topological polar surface area (TPSA) is 75.7 Å². The molecule has 0 saturated heterocycles. The third-order valence-corrected chi connectivity index (χ3v) is 10.2. The van der Waals surface area contributed by atoms with Crippen molar-refractivity contribution < 1.29 is 19.5 Å². The summed E-state index contributed by atoms with van der Waals surface area (Å²) in [4.78, 5) is 0. The Morgan fingerprint density at radius 2 is 1.93 bits per heavy atom. The molecule has 2 N–H and O–H groups in total. The molecule has 5 nitrogen and oxygen atoms in total. The quantitative estimate of drug-likeness (QED) is 0.744. The van der Waals surface area contributed by atoms with Crippen LogP contribution in [0.5, 0.6) is 0 Å². The van der Waals surface area contributed by atoms with Crippen molar-refractivity contribution in [2.45, 2.75) is 89.8 Å². The summed E-state index contributed by atoms with van der Waals surface area (Å²) in [5.74, 6) is 3.82. The van der Waals surface area contributed by atoms with Gasteiger partial charge in [0.25, 0.3) is 0 Å². The van der Waals surface area contributed by atoms with Gasteiger partial charge in [0.1, 0.15) is 6.61 Å². The number of aromatic nitrogens is 1. The van der Waals surface area contributed by atoms with E-state index in [4.69, 9.17) is 9.26 Å². The minimum Gasteiger partial charge on any atom is -0.390 e. The van der Waals surface area contributed by atoms with Gasteiger partial charge in [0, 0.05) is 19.1 Å². The van der Waals surface area contributed by atoms with Crippen molar-refractivity contribution in [3.8, 4) is 0 Å². The first-order valence-corrected chi connectivity index (χ1v) is 12.1. The molecule has 0 bridgehead atoms. The number of aliphatic hydroxyl groups is 2. The van der Waals surface area contributed by atoms with Crippen molar-refractivity contribution in [1.29, 1.82) is 0 Å². The van der Waals surface area contributed by atoms with E-state index < -0.39 is 5.60 Å². The fourth-order valence-electron chi connectivity index (χ4n) is 8.84. The van der Waals surface area contributed by atoms with Crippen LogP contribution in [0.1, 0.15) is 89.0 Å². The summed E-state index contributed by atoms with van der Waals surface area (Å²) in [6.45, 7) is 5.31. The van der Waals surface area contributed by atoms with Crippen LogP contribution in [0.25, 0.3) is 0 Å². The van der Waals surface area contributed by atoms with Gasteiger partial charge in [-0.05, 0) is 99.2 Å². The third kappa shape index (κ3) is 3.02. The van der Waals surface area contributed by atoms with Crippen molar-refractivity contribution in [1.82, 2.24) is 5.16 Å². The molecule has 0 aromatic carbocycles. The lowest BCUT2D eigenvalue weighted by Crippen LogP contribution is -2.58. The highest BCUT2D eigenvalue weighted by Gasteiger charge is 2.62. The van der Waals surface area contributed by atoms with E-state index in [0.717, 1.165) is 49.3 Å². The van der Waals surface area contributed by atoms with Crippen molar-refractivity contribution in [2.75, 3.05) is 13.7 Å². The van der Waals surface area contributed by atoms with Crippen LogP contribution in [-0.2, 0) is 11.3 Å². The Morgan fingerprint density at radius 3 is 2.67 bits per heavy atom. The van der Waals surface area contributed by atoms with Crippen molar-refractivity contribution in [2.24, 2.45) is 34.5 Å². The largest absolute Gasteiger partial charge is 0.390 e. The van der Waals surface area contributed by atoms with Crippen LogP contribution in [-0.4, -0.2) is 34.7 Å². The molecule has 0 spiro atoms. The van der Waals surface area contributed by atoms with E-state index in [-0.39, 0.29) is 17.4 Å². The molecule has 1 aromatic heterocycles. The average Bonchev–Trinajstić information content (AvgIpc) is 3.31. The van der Waals surface area contributed by atoms with E-state index in [1.807, 2.05) is 20.1 Å². The second-order valence-corrected chi connectivity index (χ2v) is 11.6. The van der Waals surface area contributed by atoms with Gasteiger partial charge >= 0.3 is 0 Å². The van der Waals surface area contributed by atoms with Crippen LogP contribution in [0.3, 0.4) is 0 Å². The summed E-state index contributed by atoms with van der Waals surface area (Å²) in [6, 6.07) is 1.98. The number of hydrogen-bond acceptors (Lipinski definition) is 5. The van der Waals surface area contributed by atoms with Gasteiger partial charge in [-0.3, -0.25) is 0 Å². The first-order chi connectivity index (χ1) is 14.3. The lowest BCUT2D eigenvalue weighted by Gasteiger charge is -2.62. The van der Waals surface area contributed by atoms with E-state index in [1.165, 1.54) is 38.5 Å². The third-order valence-electron chi connectivity index (χ3n) is 10.2. The predicted molar refractivity (Wildman–Crippen MR) is 114 cm³/mol. The maximum atomic E-state index is 10.8. The second-order valence-electron chi connectivity index (χ2n) is 11.6. The lowest BCUT2D eigenvalue weighted by molar-refractivity contribution is -0.172. The van der Waals surface area contributed by atoms with E-state index in [1.54, 1.807) is 0 Å². The zero-order valence-corrected chi connectivity index (χ0v) is 18.9. The Kier molecular flexibility index (Phi) is 5.11. The predicted octanol–water partition coefficient (Wildman–Crippen LogP) is 4.67. The Labute approximate surface area is 180 Å². The molecule has 5 heteroatoms. The zero-order chi connectivity index (χ0) is 21.1. The number of aliphatic hydroxyl groups excluding tert-OH is 1. The molecule has 5 rings (SSSR count). The maximum Gasteiger partial charge on any atom is 0.162 e. The fraction of sp³-hybridized carbons (Fsp3) is 0.880. The standard InChI is InChI=1S/C25H39NO4/c1-23(28)10-11-25(15-29-3)16(13-23)4-5-18-19-6-7-21(22-12-17(14-27)30-26-22)24(19,2)9-8-20(18)25/h12,16,18-21,27-28H,4-11,13-15H2,1-3H3/t16-,18?,19-,20-,21?,23+,24-,25+/m0/s1. The second kappa shape index (κ2) is 7.31. The van der Waals surface area contributed by atoms with Crippen LogP contribution in [0.4, 0.5) is 0 Å². The zero-order valence-electron chi connectivity index (χ0n) is 18.9. The number of ether oxygens (including phenoxy) is 1. The van der Waals surface area contributed by atoms with Gasteiger partial charge in [-0.1, -0.05) is 12.1 Å². The molecule has 4 fully saturated rings. The molecule has 0 radical (unpaired) electrons. The normalized spacial score (nSPS) is 48.1. The number of methoxy groups -OCH3 is 1. The molecular formula is C25H39NO4. The summed E-state index contributed by atoms with van der Waals surface area (Å²) in [5.41, 5.74) is 1.06. The van der Waals surface area contributed by atoms with Crippen molar-refractivity contribution in [3.05, 3.63) is 17.5 Å². The van der Waals surface area contributed by atoms with Gasteiger partial charge in [0.05, 0.1) is 17.9 Å².